The summed E-state index contributed by atoms with van der Waals surface area (Å²) in [5.74, 6) is -0.237. The van der Waals surface area contributed by atoms with Gasteiger partial charge in [0.1, 0.15) is 11.2 Å². The molecule has 0 aromatic carbocycles. The number of nitrogens with zero attached hydrogens (tertiary/aromatic N) is 2. The van der Waals surface area contributed by atoms with Crippen molar-refractivity contribution in [2.24, 2.45) is 5.41 Å². The van der Waals surface area contributed by atoms with E-state index in [-0.39, 0.29) is 5.91 Å². The van der Waals surface area contributed by atoms with Crippen LogP contribution in [0.25, 0.3) is 0 Å². The van der Waals surface area contributed by atoms with Gasteiger partial charge in [0.25, 0.3) is 0 Å². The van der Waals surface area contributed by atoms with E-state index in [0.29, 0.717) is 38.9 Å². The highest BCUT2D eigenvalue weighted by molar-refractivity contribution is 5.96. The molecule has 0 aromatic rings. The Morgan fingerprint density at radius 1 is 0.920 bits per heavy atom. The molecular weight excluding hydrogens is 324 g/mol. The predicted molar refractivity (Wildman–Crippen MR) is 92.0 cm³/mol. The fourth-order valence-corrected chi connectivity index (χ4v) is 3.29. The summed E-state index contributed by atoms with van der Waals surface area (Å²) in [5.41, 5.74) is -1.93. The molecule has 3 amide bonds. The minimum absolute atomic E-state index is 0.237. The van der Waals surface area contributed by atoms with Crippen molar-refractivity contribution in [3.8, 4) is 0 Å². The molecule has 0 bridgehead atoms. The minimum Gasteiger partial charge on any atom is -0.444 e. The number of likely N-dealkylation sites (tertiary alicyclic amines) is 2. The molecule has 2 rings (SSSR count). The maximum absolute atomic E-state index is 13.0. The van der Waals surface area contributed by atoms with Crippen molar-refractivity contribution in [3.05, 3.63) is 0 Å². The van der Waals surface area contributed by atoms with Crippen LogP contribution >= 0.6 is 0 Å². The SMILES string of the molecule is CC(C)(C)OC(=O)N1CCC2(CCCN(C(=O)OC(C)(C)C)C2=O)C1. The summed E-state index contributed by atoms with van der Waals surface area (Å²) in [6.07, 6.45) is 0.918. The fourth-order valence-electron chi connectivity index (χ4n) is 3.29. The lowest BCUT2D eigenvalue weighted by Gasteiger charge is -2.38. The van der Waals surface area contributed by atoms with Crippen LogP contribution in [0.3, 0.4) is 0 Å². The highest BCUT2D eigenvalue weighted by Gasteiger charge is 2.52. The summed E-state index contributed by atoms with van der Waals surface area (Å²) in [7, 11) is 0. The number of hydrogen-bond donors (Lipinski definition) is 0. The van der Waals surface area contributed by atoms with Gasteiger partial charge < -0.3 is 14.4 Å². The molecule has 0 saturated carbocycles. The average molecular weight is 354 g/mol. The van der Waals surface area contributed by atoms with E-state index in [1.54, 1.807) is 25.7 Å². The van der Waals surface area contributed by atoms with Crippen LogP contribution in [0.4, 0.5) is 9.59 Å². The van der Waals surface area contributed by atoms with Crippen LogP contribution in [0.2, 0.25) is 0 Å². The number of amides is 3. The molecule has 0 radical (unpaired) electrons. The van der Waals surface area contributed by atoms with Crippen LogP contribution in [0.5, 0.6) is 0 Å². The minimum atomic E-state index is -0.702. The summed E-state index contributed by atoms with van der Waals surface area (Å²) in [5, 5.41) is 0. The Bertz CT molecular complexity index is 561. The van der Waals surface area contributed by atoms with E-state index in [4.69, 9.17) is 9.47 Å². The van der Waals surface area contributed by atoms with Crippen molar-refractivity contribution < 1.29 is 23.9 Å². The second kappa shape index (κ2) is 6.50. The normalized spacial score (nSPS) is 24.6. The molecule has 0 aliphatic carbocycles. The molecule has 1 unspecified atom stereocenters. The first-order chi connectivity index (χ1) is 11.3. The number of carbonyl (C=O) groups is 3. The summed E-state index contributed by atoms with van der Waals surface area (Å²) >= 11 is 0. The van der Waals surface area contributed by atoms with Gasteiger partial charge in [-0.05, 0) is 60.8 Å². The van der Waals surface area contributed by atoms with Crippen molar-refractivity contribution in [1.82, 2.24) is 9.80 Å². The van der Waals surface area contributed by atoms with Gasteiger partial charge in [-0.1, -0.05) is 0 Å². The Balaban J connectivity index is 2.08. The highest BCUT2D eigenvalue weighted by Crippen LogP contribution is 2.40. The van der Waals surface area contributed by atoms with Crippen molar-refractivity contribution in [1.29, 1.82) is 0 Å². The van der Waals surface area contributed by atoms with Gasteiger partial charge in [0.05, 0.1) is 5.41 Å². The van der Waals surface area contributed by atoms with E-state index in [1.165, 1.54) is 4.90 Å². The summed E-state index contributed by atoms with van der Waals surface area (Å²) < 4.78 is 10.8. The number of imide groups is 1. The van der Waals surface area contributed by atoms with Crippen molar-refractivity contribution >= 4 is 18.1 Å². The lowest BCUT2D eigenvalue weighted by molar-refractivity contribution is -0.144. The number of rotatable bonds is 0. The molecule has 0 N–H and O–H groups in total. The summed E-state index contributed by atoms with van der Waals surface area (Å²) in [6.45, 7) is 11.9. The Kier molecular flexibility index (Phi) is 5.08. The zero-order valence-corrected chi connectivity index (χ0v) is 16.2. The smallest absolute Gasteiger partial charge is 0.417 e. The lowest BCUT2D eigenvalue weighted by atomic mass is 9.78. The van der Waals surface area contributed by atoms with Gasteiger partial charge in [-0.25, -0.2) is 14.5 Å². The third-order valence-electron chi connectivity index (χ3n) is 4.36. The van der Waals surface area contributed by atoms with Crippen molar-refractivity contribution in [2.75, 3.05) is 19.6 Å². The molecule has 2 saturated heterocycles. The first-order valence-corrected chi connectivity index (χ1v) is 8.86. The predicted octanol–water partition coefficient (Wildman–Crippen LogP) is 3.17. The number of carbonyl (C=O) groups excluding carboxylic acids is 3. The largest absolute Gasteiger partial charge is 0.444 e. The van der Waals surface area contributed by atoms with Gasteiger partial charge in [0, 0.05) is 19.6 Å². The van der Waals surface area contributed by atoms with Crippen LogP contribution in [-0.4, -0.2) is 58.7 Å². The van der Waals surface area contributed by atoms with Gasteiger partial charge in [-0.3, -0.25) is 4.79 Å². The van der Waals surface area contributed by atoms with E-state index < -0.39 is 28.8 Å². The second-order valence-electron chi connectivity index (χ2n) is 8.97. The average Bonchev–Trinajstić information content (AvgIpc) is 2.83. The molecule has 1 spiro atoms. The van der Waals surface area contributed by atoms with E-state index in [0.717, 1.165) is 0 Å². The fraction of sp³-hybridized carbons (Fsp3) is 0.833. The summed E-state index contributed by atoms with van der Waals surface area (Å²) in [6, 6.07) is 0. The molecule has 7 nitrogen and oxygen atoms in total. The monoisotopic (exact) mass is 354 g/mol. The molecule has 1 atom stereocenters. The Hall–Kier alpha value is -1.79. The zero-order chi connectivity index (χ0) is 19.0. The van der Waals surface area contributed by atoms with Crippen LogP contribution < -0.4 is 0 Å². The zero-order valence-electron chi connectivity index (χ0n) is 16.2. The first kappa shape index (κ1) is 19.5. The molecular formula is C18H30N2O5. The molecule has 142 valence electrons. The number of hydrogen-bond acceptors (Lipinski definition) is 5. The van der Waals surface area contributed by atoms with Gasteiger partial charge in [-0.2, -0.15) is 0 Å². The Morgan fingerprint density at radius 2 is 1.48 bits per heavy atom. The molecule has 2 heterocycles. The van der Waals surface area contributed by atoms with Gasteiger partial charge in [-0.15, -0.1) is 0 Å². The maximum Gasteiger partial charge on any atom is 0.417 e. The van der Waals surface area contributed by atoms with Crippen LogP contribution in [0, 0.1) is 5.41 Å². The van der Waals surface area contributed by atoms with E-state index >= 15 is 0 Å². The Labute approximate surface area is 149 Å². The third kappa shape index (κ3) is 4.64. The second-order valence-corrected chi connectivity index (χ2v) is 8.97. The molecule has 2 aliphatic rings. The van der Waals surface area contributed by atoms with Crippen molar-refractivity contribution in [3.63, 3.8) is 0 Å². The quantitative estimate of drug-likeness (QED) is 0.668. The van der Waals surface area contributed by atoms with E-state index in [1.807, 2.05) is 20.8 Å². The topological polar surface area (TPSA) is 76.2 Å². The van der Waals surface area contributed by atoms with E-state index in [2.05, 4.69) is 0 Å². The highest BCUT2D eigenvalue weighted by atomic mass is 16.6. The number of ether oxygens (including phenoxy) is 2. The maximum atomic E-state index is 13.0. The molecule has 7 heteroatoms. The first-order valence-electron chi connectivity index (χ1n) is 8.86. The Morgan fingerprint density at radius 3 is 2.04 bits per heavy atom. The van der Waals surface area contributed by atoms with Gasteiger partial charge >= 0.3 is 12.2 Å². The molecule has 2 aliphatic heterocycles. The van der Waals surface area contributed by atoms with Crippen LogP contribution in [-0.2, 0) is 14.3 Å². The molecule has 25 heavy (non-hydrogen) atoms. The van der Waals surface area contributed by atoms with Crippen molar-refractivity contribution in [2.45, 2.75) is 72.0 Å². The van der Waals surface area contributed by atoms with Gasteiger partial charge in [0.2, 0.25) is 5.91 Å². The molecule has 2 fully saturated rings. The standard InChI is InChI=1S/C18H30N2O5/c1-16(2,3)24-14(22)19-11-9-18(12-19)8-7-10-20(13(18)21)15(23)25-17(4,5)6/h7-12H2,1-6H3. The van der Waals surface area contributed by atoms with Crippen LogP contribution in [0.1, 0.15) is 60.8 Å². The lowest BCUT2D eigenvalue weighted by Crippen LogP contribution is -2.53. The summed E-state index contributed by atoms with van der Waals surface area (Å²) in [4.78, 5) is 40.4. The van der Waals surface area contributed by atoms with Gasteiger partial charge in [0.15, 0.2) is 0 Å². The number of piperidine rings is 1. The third-order valence-corrected chi connectivity index (χ3v) is 4.36. The van der Waals surface area contributed by atoms with E-state index in [9.17, 15) is 14.4 Å². The van der Waals surface area contributed by atoms with Crippen LogP contribution in [0.15, 0.2) is 0 Å². The molecule has 0 aromatic heterocycles.